The van der Waals surface area contributed by atoms with E-state index in [1.165, 1.54) is 11.3 Å². The highest BCUT2D eigenvalue weighted by Gasteiger charge is 2.22. The van der Waals surface area contributed by atoms with Crippen LogP contribution >= 0.6 is 11.3 Å². The van der Waals surface area contributed by atoms with Gasteiger partial charge in [-0.15, -0.1) is 11.3 Å². The van der Waals surface area contributed by atoms with Crippen molar-refractivity contribution in [3.05, 3.63) is 22.4 Å². The largest absolute Gasteiger partial charge is 0.479 e. The molecule has 0 aliphatic rings. The zero-order chi connectivity index (χ0) is 13.4. The summed E-state index contributed by atoms with van der Waals surface area (Å²) in [7, 11) is 0. The van der Waals surface area contributed by atoms with E-state index >= 15 is 0 Å². The number of nitrogens with one attached hydrogen (secondary N) is 1. The van der Waals surface area contributed by atoms with Crippen LogP contribution in [0.5, 0.6) is 0 Å². The number of carbonyl (C=O) groups excluding carboxylic acids is 1. The molecular formula is C12H18N2O3S. The Hall–Kier alpha value is -1.40. The van der Waals surface area contributed by atoms with Crippen molar-refractivity contribution in [2.24, 2.45) is 5.73 Å². The molecule has 0 radical (unpaired) electrons. The van der Waals surface area contributed by atoms with E-state index in [9.17, 15) is 9.59 Å². The van der Waals surface area contributed by atoms with Crippen LogP contribution in [0.4, 0.5) is 0 Å². The first-order valence-electron chi connectivity index (χ1n) is 5.90. The highest BCUT2D eigenvalue weighted by molar-refractivity contribution is 7.10. The molecule has 0 saturated heterocycles. The third-order valence-corrected chi connectivity index (χ3v) is 3.43. The minimum atomic E-state index is -1.03. The summed E-state index contributed by atoms with van der Waals surface area (Å²) >= 11 is 1.32. The number of nitrogens with two attached hydrogens (primary N) is 1. The van der Waals surface area contributed by atoms with Crippen molar-refractivity contribution in [3.63, 3.8) is 0 Å². The van der Waals surface area contributed by atoms with Crippen LogP contribution in [0.2, 0.25) is 0 Å². The molecule has 0 bridgehead atoms. The number of carboxylic acids is 1. The molecule has 0 aromatic carbocycles. The Bertz CT molecular complexity index is 379. The Morgan fingerprint density at radius 2 is 2.17 bits per heavy atom. The van der Waals surface area contributed by atoms with E-state index < -0.39 is 12.0 Å². The van der Waals surface area contributed by atoms with Gasteiger partial charge < -0.3 is 16.2 Å². The summed E-state index contributed by atoms with van der Waals surface area (Å²) in [6.45, 7) is 0.620. The third kappa shape index (κ3) is 4.85. The second-order valence-corrected chi connectivity index (χ2v) is 4.93. The molecule has 0 spiro atoms. The van der Waals surface area contributed by atoms with Gasteiger partial charge in [-0.1, -0.05) is 12.5 Å². The number of amides is 1. The summed E-state index contributed by atoms with van der Waals surface area (Å²) < 4.78 is 0. The van der Waals surface area contributed by atoms with Crippen LogP contribution < -0.4 is 11.1 Å². The number of unbranched alkanes of at least 4 members (excludes halogenated alkanes) is 2. The average Bonchev–Trinajstić information content (AvgIpc) is 2.85. The van der Waals surface area contributed by atoms with Gasteiger partial charge in [0.25, 0.3) is 0 Å². The Morgan fingerprint density at radius 1 is 1.39 bits per heavy atom. The lowest BCUT2D eigenvalue weighted by atomic mass is 10.1. The molecule has 1 rings (SSSR count). The minimum Gasteiger partial charge on any atom is -0.479 e. The van der Waals surface area contributed by atoms with Crippen molar-refractivity contribution < 1.29 is 14.7 Å². The normalized spacial score (nSPS) is 12.1. The number of rotatable bonds is 8. The molecule has 100 valence electrons. The van der Waals surface area contributed by atoms with Gasteiger partial charge in [0.15, 0.2) is 6.04 Å². The van der Waals surface area contributed by atoms with Crippen LogP contribution in [0, 0.1) is 0 Å². The number of carbonyl (C=O) groups is 2. The molecular weight excluding hydrogens is 252 g/mol. The standard InChI is InChI=1S/C12H18N2O3S/c13-7-3-1-2-6-10(15)14-11(12(16)17)9-5-4-8-18-9/h4-5,8,11H,1-3,6-7,13H2,(H,14,15)(H,16,17). The summed E-state index contributed by atoms with van der Waals surface area (Å²) in [5, 5.41) is 13.4. The van der Waals surface area contributed by atoms with E-state index in [1.807, 2.05) is 0 Å². The molecule has 0 aliphatic heterocycles. The topological polar surface area (TPSA) is 92.4 Å². The molecule has 5 nitrogen and oxygen atoms in total. The zero-order valence-electron chi connectivity index (χ0n) is 10.1. The fourth-order valence-corrected chi connectivity index (χ4v) is 2.32. The summed E-state index contributed by atoms with van der Waals surface area (Å²) in [6.07, 6.45) is 2.86. The monoisotopic (exact) mass is 270 g/mol. The van der Waals surface area contributed by atoms with Gasteiger partial charge in [0.05, 0.1) is 0 Å². The van der Waals surface area contributed by atoms with E-state index in [1.54, 1.807) is 17.5 Å². The summed E-state index contributed by atoms with van der Waals surface area (Å²) in [6, 6.07) is 2.54. The van der Waals surface area contributed by atoms with E-state index in [4.69, 9.17) is 10.8 Å². The fraction of sp³-hybridized carbons (Fsp3) is 0.500. The molecule has 18 heavy (non-hydrogen) atoms. The van der Waals surface area contributed by atoms with E-state index in [0.29, 0.717) is 17.8 Å². The van der Waals surface area contributed by atoms with Gasteiger partial charge in [0.2, 0.25) is 5.91 Å². The van der Waals surface area contributed by atoms with Crippen LogP contribution in [-0.2, 0) is 9.59 Å². The van der Waals surface area contributed by atoms with Crippen LogP contribution in [0.3, 0.4) is 0 Å². The second-order valence-electron chi connectivity index (χ2n) is 3.95. The lowest BCUT2D eigenvalue weighted by molar-refractivity contribution is -0.142. The van der Waals surface area contributed by atoms with Gasteiger partial charge in [-0.2, -0.15) is 0 Å². The predicted molar refractivity (Wildman–Crippen MR) is 70.4 cm³/mol. The maximum absolute atomic E-state index is 11.6. The lowest BCUT2D eigenvalue weighted by Crippen LogP contribution is -2.33. The van der Waals surface area contributed by atoms with Crippen molar-refractivity contribution in [1.29, 1.82) is 0 Å². The van der Waals surface area contributed by atoms with Crippen molar-refractivity contribution in [3.8, 4) is 0 Å². The van der Waals surface area contributed by atoms with Gasteiger partial charge in [0.1, 0.15) is 0 Å². The first kappa shape index (κ1) is 14.7. The summed E-state index contributed by atoms with van der Waals surface area (Å²) in [5.41, 5.74) is 5.35. The molecule has 1 aromatic heterocycles. The Kier molecular flexibility index (Phi) is 6.38. The van der Waals surface area contributed by atoms with Crippen molar-refractivity contribution in [1.82, 2.24) is 5.32 Å². The number of hydrogen-bond acceptors (Lipinski definition) is 4. The van der Waals surface area contributed by atoms with Gasteiger partial charge in [-0.05, 0) is 30.8 Å². The van der Waals surface area contributed by atoms with Gasteiger partial charge in [-0.25, -0.2) is 4.79 Å². The fourth-order valence-electron chi connectivity index (χ4n) is 1.55. The van der Waals surface area contributed by atoms with Crippen LogP contribution in [0.1, 0.15) is 36.6 Å². The zero-order valence-corrected chi connectivity index (χ0v) is 10.9. The molecule has 0 fully saturated rings. The van der Waals surface area contributed by atoms with Crippen LogP contribution in [0.15, 0.2) is 17.5 Å². The number of aliphatic carboxylic acids is 1. The van der Waals surface area contributed by atoms with E-state index in [0.717, 1.165) is 19.3 Å². The maximum Gasteiger partial charge on any atom is 0.331 e. The smallest absolute Gasteiger partial charge is 0.331 e. The third-order valence-electron chi connectivity index (χ3n) is 2.49. The molecule has 1 heterocycles. The van der Waals surface area contributed by atoms with Gasteiger partial charge >= 0.3 is 5.97 Å². The van der Waals surface area contributed by atoms with E-state index in [-0.39, 0.29) is 5.91 Å². The SMILES string of the molecule is NCCCCCC(=O)NC(C(=O)O)c1cccs1. The van der Waals surface area contributed by atoms with Crippen molar-refractivity contribution in [2.75, 3.05) is 6.54 Å². The highest BCUT2D eigenvalue weighted by atomic mass is 32.1. The number of thiophene rings is 1. The summed E-state index contributed by atoms with van der Waals surface area (Å²) in [5.74, 6) is -1.26. The van der Waals surface area contributed by atoms with Gasteiger partial charge in [0, 0.05) is 11.3 Å². The maximum atomic E-state index is 11.6. The molecule has 1 aromatic rings. The minimum absolute atomic E-state index is 0.229. The molecule has 0 saturated carbocycles. The Balaban J connectivity index is 2.42. The van der Waals surface area contributed by atoms with Crippen LogP contribution in [-0.4, -0.2) is 23.5 Å². The summed E-state index contributed by atoms with van der Waals surface area (Å²) in [4.78, 5) is 23.3. The average molecular weight is 270 g/mol. The Morgan fingerprint density at radius 3 is 2.72 bits per heavy atom. The molecule has 4 N–H and O–H groups in total. The first-order valence-corrected chi connectivity index (χ1v) is 6.78. The molecule has 1 amide bonds. The first-order chi connectivity index (χ1) is 8.65. The second kappa shape index (κ2) is 7.84. The quantitative estimate of drug-likeness (QED) is 0.624. The lowest BCUT2D eigenvalue weighted by Gasteiger charge is -2.12. The number of carboxylic acid groups (broad SMARTS) is 1. The van der Waals surface area contributed by atoms with E-state index in [2.05, 4.69) is 5.32 Å². The van der Waals surface area contributed by atoms with Crippen molar-refractivity contribution >= 4 is 23.2 Å². The molecule has 1 atom stereocenters. The van der Waals surface area contributed by atoms with Crippen molar-refractivity contribution in [2.45, 2.75) is 31.7 Å². The van der Waals surface area contributed by atoms with Crippen LogP contribution in [0.25, 0.3) is 0 Å². The number of hydrogen-bond donors (Lipinski definition) is 3. The Labute approximate surface area is 110 Å². The predicted octanol–water partition coefficient (Wildman–Crippen LogP) is 1.51. The molecule has 0 aliphatic carbocycles. The van der Waals surface area contributed by atoms with Gasteiger partial charge in [-0.3, -0.25) is 4.79 Å². The highest BCUT2D eigenvalue weighted by Crippen LogP contribution is 2.19. The molecule has 1 unspecified atom stereocenters. The molecule has 6 heteroatoms.